The van der Waals surface area contributed by atoms with E-state index in [0.29, 0.717) is 17.1 Å². The van der Waals surface area contributed by atoms with Gasteiger partial charge >= 0.3 is 5.97 Å². The van der Waals surface area contributed by atoms with E-state index in [2.05, 4.69) is 0 Å². The molecule has 0 aliphatic heterocycles. The average Bonchev–Trinajstić information content (AvgIpc) is 2.77. The van der Waals surface area contributed by atoms with Crippen LogP contribution in [-0.4, -0.2) is 16.2 Å². The number of hydrogen-bond acceptors (Lipinski definition) is 3. The van der Waals surface area contributed by atoms with Crippen molar-refractivity contribution in [1.82, 2.24) is 0 Å². The zero-order valence-electron chi connectivity index (χ0n) is 9.30. The first-order valence-electron chi connectivity index (χ1n) is 5.16. The number of aliphatic hydroxyl groups is 1. The Kier molecular flexibility index (Phi) is 2.97. The van der Waals surface area contributed by atoms with Crippen molar-refractivity contribution in [1.29, 1.82) is 0 Å². The van der Waals surface area contributed by atoms with Crippen LogP contribution in [0, 0.1) is 6.92 Å². The number of carboxylic acid groups (broad SMARTS) is 1. The molecule has 4 nitrogen and oxygen atoms in total. The third-order valence-electron chi connectivity index (χ3n) is 2.65. The van der Waals surface area contributed by atoms with Crippen LogP contribution in [0.2, 0.25) is 0 Å². The highest BCUT2D eigenvalue weighted by Crippen LogP contribution is 2.27. The first-order chi connectivity index (χ1) is 8.13. The van der Waals surface area contributed by atoms with Gasteiger partial charge in [0, 0.05) is 5.56 Å². The molecule has 0 saturated carbocycles. The summed E-state index contributed by atoms with van der Waals surface area (Å²) in [6.07, 6.45) is 0. The van der Waals surface area contributed by atoms with E-state index in [9.17, 15) is 4.79 Å². The normalized spacial score (nSPS) is 10.5. The number of carbonyl (C=O) groups is 1. The van der Waals surface area contributed by atoms with Crippen LogP contribution in [0.3, 0.4) is 0 Å². The third-order valence-corrected chi connectivity index (χ3v) is 2.65. The highest BCUT2D eigenvalue weighted by molar-refractivity contribution is 5.91. The number of hydrogen-bond donors (Lipinski definition) is 2. The molecule has 1 aromatic carbocycles. The van der Waals surface area contributed by atoms with Crippen molar-refractivity contribution in [2.45, 2.75) is 13.5 Å². The fraction of sp³-hybridized carbons (Fsp3) is 0.154. The first kappa shape index (κ1) is 11.4. The standard InChI is InChI=1S/C13H12O4/c1-8-10(3-2-4-11(8)13(15)16)12-6-5-9(7-14)17-12/h2-6,14H,7H2,1H3,(H,15,16). The van der Waals surface area contributed by atoms with Crippen LogP contribution in [0.5, 0.6) is 0 Å². The number of furan rings is 1. The molecule has 0 saturated heterocycles. The lowest BCUT2D eigenvalue weighted by molar-refractivity contribution is 0.0696. The van der Waals surface area contributed by atoms with Crippen molar-refractivity contribution < 1.29 is 19.4 Å². The zero-order chi connectivity index (χ0) is 12.4. The summed E-state index contributed by atoms with van der Waals surface area (Å²) in [5, 5.41) is 17.9. The lowest BCUT2D eigenvalue weighted by atomic mass is 10.0. The van der Waals surface area contributed by atoms with Crippen LogP contribution in [-0.2, 0) is 6.61 Å². The van der Waals surface area contributed by atoms with E-state index in [4.69, 9.17) is 14.6 Å². The van der Waals surface area contributed by atoms with E-state index in [1.807, 2.05) is 0 Å². The predicted octanol–water partition coefficient (Wildman–Crippen LogP) is 2.45. The van der Waals surface area contributed by atoms with E-state index >= 15 is 0 Å². The Morgan fingerprint density at radius 3 is 2.65 bits per heavy atom. The van der Waals surface area contributed by atoms with Gasteiger partial charge in [-0.3, -0.25) is 0 Å². The van der Waals surface area contributed by atoms with Crippen LogP contribution >= 0.6 is 0 Å². The number of aromatic carboxylic acids is 1. The van der Waals surface area contributed by atoms with Crippen LogP contribution in [0.25, 0.3) is 11.3 Å². The lowest BCUT2D eigenvalue weighted by Crippen LogP contribution is -2.00. The highest BCUT2D eigenvalue weighted by atomic mass is 16.4. The van der Waals surface area contributed by atoms with E-state index in [0.717, 1.165) is 5.56 Å². The van der Waals surface area contributed by atoms with Gasteiger partial charge in [0.1, 0.15) is 18.1 Å². The molecule has 0 aliphatic carbocycles. The summed E-state index contributed by atoms with van der Waals surface area (Å²) in [4.78, 5) is 11.0. The summed E-state index contributed by atoms with van der Waals surface area (Å²) >= 11 is 0. The summed E-state index contributed by atoms with van der Waals surface area (Å²) in [6, 6.07) is 8.41. The average molecular weight is 232 g/mol. The molecule has 0 atom stereocenters. The fourth-order valence-electron chi connectivity index (χ4n) is 1.74. The summed E-state index contributed by atoms with van der Waals surface area (Å²) in [7, 11) is 0. The topological polar surface area (TPSA) is 70.7 Å². The molecule has 88 valence electrons. The minimum atomic E-state index is -0.960. The van der Waals surface area contributed by atoms with Gasteiger partial charge in [0.2, 0.25) is 0 Å². The Bertz CT molecular complexity index is 554. The molecule has 1 aromatic heterocycles. The Morgan fingerprint density at radius 1 is 1.29 bits per heavy atom. The molecular weight excluding hydrogens is 220 g/mol. The maximum absolute atomic E-state index is 11.0. The van der Waals surface area contributed by atoms with Crippen molar-refractivity contribution in [3.05, 3.63) is 47.2 Å². The van der Waals surface area contributed by atoms with Crippen LogP contribution in [0.15, 0.2) is 34.7 Å². The van der Waals surface area contributed by atoms with Crippen molar-refractivity contribution in [2.24, 2.45) is 0 Å². The third kappa shape index (κ3) is 2.07. The van der Waals surface area contributed by atoms with Crippen molar-refractivity contribution in [2.75, 3.05) is 0 Å². The van der Waals surface area contributed by atoms with Gasteiger partial charge in [-0.05, 0) is 30.7 Å². The number of rotatable bonds is 3. The molecular formula is C13H12O4. The van der Waals surface area contributed by atoms with Gasteiger partial charge < -0.3 is 14.6 Å². The fourth-order valence-corrected chi connectivity index (χ4v) is 1.74. The van der Waals surface area contributed by atoms with E-state index in [-0.39, 0.29) is 12.2 Å². The van der Waals surface area contributed by atoms with E-state index in [1.165, 1.54) is 0 Å². The molecule has 1 heterocycles. The minimum Gasteiger partial charge on any atom is -0.478 e. The molecule has 2 rings (SSSR count). The maximum atomic E-state index is 11.0. The van der Waals surface area contributed by atoms with Gasteiger partial charge in [-0.25, -0.2) is 4.79 Å². The van der Waals surface area contributed by atoms with Gasteiger partial charge in [0.25, 0.3) is 0 Å². The molecule has 17 heavy (non-hydrogen) atoms. The number of aliphatic hydroxyl groups excluding tert-OH is 1. The van der Waals surface area contributed by atoms with Crippen LogP contribution in [0.1, 0.15) is 21.7 Å². The Hall–Kier alpha value is -2.07. The quantitative estimate of drug-likeness (QED) is 0.852. The molecule has 0 aliphatic rings. The molecule has 4 heteroatoms. The second-order valence-electron chi connectivity index (χ2n) is 3.71. The van der Waals surface area contributed by atoms with Gasteiger partial charge in [-0.1, -0.05) is 12.1 Å². The van der Waals surface area contributed by atoms with Crippen LogP contribution in [0.4, 0.5) is 0 Å². The number of benzene rings is 1. The van der Waals surface area contributed by atoms with Gasteiger partial charge in [-0.15, -0.1) is 0 Å². The summed E-state index contributed by atoms with van der Waals surface area (Å²) in [6.45, 7) is 1.57. The Balaban J connectivity index is 2.52. The summed E-state index contributed by atoms with van der Waals surface area (Å²) in [5.41, 5.74) is 1.63. The lowest BCUT2D eigenvalue weighted by Gasteiger charge is -2.05. The molecule has 0 spiro atoms. The van der Waals surface area contributed by atoms with Gasteiger partial charge in [0.05, 0.1) is 5.56 Å². The Labute approximate surface area is 98.1 Å². The molecule has 0 unspecified atom stereocenters. The largest absolute Gasteiger partial charge is 0.478 e. The predicted molar refractivity (Wildman–Crippen MR) is 61.8 cm³/mol. The molecule has 0 radical (unpaired) electrons. The van der Waals surface area contributed by atoms with Gasteiger partial charge in [-0.2, -0.15) is 0 Å². The van der Waals surface area contributed by atoms with Crippen molar-refractivity contribution in [3.63, 3.8) is 0 Å². The second kappa shape index (κ2) is 4.43. The monoisotopic (exact) mass is 232 g/mol. The van der Waals surface area contributed by atoms with E-state index in [1.54, 1.807) is 37.3 Å². The molecule has 0 fully saturated rings. The van der Waals surface area contributed by atoms with E-state index < -0.39 is 5.97 Å². The molecule has 2 N–H and O–H groups in total. The summed E-state index contributed by atoms with van der Waals surface area (Å²) in [5.74, 6) is 0.0630. The Morgan fingerprint density at radius 2 is 2.06 bits per heavy atom. The van der Waals surface area contributed by atoms with Crippen LogP contribution < -0.4 is 0 Å². The molecule has 0 bridgehead atoms. The summed E-state index contributed by atoms with van der Waals surface area (Å²) < 4.78 is 5.39. The zero-order valence-corrected chi connectivity index (χ0v) is 9.30. The smallest absolute Gasteiger partial charge is 0.335 e. The molecule has 0 amide bonds. The second-order valence-corrected chi connectivity index (χ2v) is 3.71. The SMILES string of the molecule is Cc1c(C(=O)O)cccc1-c1ccc(CO)o1. The number of carboxylic acids is 1. The van der Waals surface area contributed by atoms with Crippen molar-refractivity contribution in [3.8, 4) is 11.3 Å². The first-order valence-corrected chi connectivity index (χ1v) is 5.16. The molecule has 2 aromatic rings. The van der Waals surface area contributed by atoms with Crippen molar-refractivity contribution >= 4 is 5.97 Å². The minimum absolute atomic E-state index is 0.169. The highest BCUT2D eigenvalue weighted by Gasteiger charge is 2.13. The maximum Gasteiger partial charge on any atom is 0.335 e. The van der Waals surface area contributed by atoms with Gasteiger partial charge in [0.15, 0.2) is 0 Å².